The summed E-state index contributed by atoms with van der Waals surface area (Å²) in [5.41, 5.74) is 3.53. The average molecular weight is 399 g/mol. The van der Waals surface area contributed by atoms with Crippen LogP contribution in [0.5, 0.6) is 0 Å². The zero-order valence-electron chi connectivity index (χ0n) is 16.4. The third-order valence-electron chi connectivity index (χ3n) is 5.40. The molecule has 0 saturated carbocycles. The van der Waals surface area contributed by atoms with Crippen LogP contribution in [0.1, 0.15) is 30.4 Å². The summed E-state index contributed by atoms with van der Waals surface area (Å²) in [6, 6.07) is 10.2. The van der Waals surface area contributed by atoms with Crippen LogP contribution >= 0.6 is 11.6 Å². The van der Waals surface area contributed by atoms with Gasteiger partial charge >= 0.3 is 0 Å². The summed E-state index contributed by atoms with van der Waals surface area (Å²) in [7, 11) is 0. The molecule has 0 spiro atoms. The lowest BCUT2D eigenvalue weighted by molar-refractivity contribution is 0.122. The zero-order chi connectivity index (χ0) is 19.3. The number of benzene rings is 1. The lowest BCUT2D eigenvalue weighted by atomic mass is 10.1. The van der Waals surface area contributed by atoms with Crippen LogP contribution in [0.25, 0.3) is 5.57 Å². The van der Waals surface area contributed by atoms with Crippen LogP contribution in [0.2, 0.25) is 5.02 Å². The van der Waals surface area contributed by atoms with Crippen LogP contribution in [-0.4, -0.2) is 54.3 Å². The molecule has 0 bridgehead atoms. The Hall–Kier alpha value is -1.95. The number of anilines is 1. The normalized spacial score (nSPS) is 18.2. The lowest BCUT2D eigenvalue weighted by Crippen LogP contribution is -2.37. The number of aromatic nitrogens is 2. The second-order valence-electron chi connectivity index (χ2n) is 7.30. The second kappa shape index (κ2) is 9.03. The number of rotatable bonds is 5. The standard InChI is InChI=1S/C22H27ClN4O/c1-2-19-15-21(27-11-13-28-14-12-27)25-22(24-19)17-7-9-26(10-8-17)16-18-5-3-4-6-20(18)23/h3-7,15H,2,8-14,16H2,1H3. The SMILES string of the molecule is CCc1cc(N2CCOCC2)nc(C2=CCN(Cc3ccccc3Cl)CC2)n1. The van der Waals surface area contributed by atoms with Crippen molar-refractivity contribution in [3.8, 4) is 0 Å². The van der Waals surface area contributed by atoms with Crippen molar-refractivity contribution in [1.29, 1.82) is 0 Å². The predicted octanol–water partition coefficient (Wildman–Crippen LogP) is 3.82. The maximum atomic E-state index is 6.32. The summed E-state index contributed by atoms with van der Waals surface area (Å²) >= 11 is 6.32. The Morgan fingerprint density at radius 3 is 2.64 bits per heavy atom. The summed E-state index contributed by atoms with van der Waals surface area (Å²) in [6.07, 6.45) is 4.15. The van der Waals surface area contributed by atoms with Gasteiger partial charge in [0.2, 0.25) is 0 Å². The molecule has 148 valence electrons. The molecular formula is C22H27ClN4O. The molecule has 0 atom stereocenters. The first kappa shape index (κ1) is 19.4. The van der Waals surface area contributed by atoms with E-state index in [2.05, 4.69) is 34.9 Å². The van der Waals surface area contributed by atoms with Crippen LogP contribution in [-0.2, 0) is 17.7 Å². The number of halogens is 1. The van der Waals surface area contributed by atoms with Crippen LogP contribution in [0.4, 0.5) is 5.82 Å². The van der Waals surface area contributed by atoms with Crippen molar-refractivity contribution in [2.45, 2.75) is 26.3 Å². The maximum absolute atomic E-state index is 6.32. The first-order valence-electron chi connectivity index (χ1n) is 10.1. The summed E-state index contributed by atoms with van der Waals surface area (Å²) in [5.74, 6) is 1.92. The molecule has 2 aliphatic heterocycles. The molecule has 1 aromatic heterocycles. The fraction of sp³-hybridized carbons (Fsp3) is 0.455. The van der Waals surface area contributed by atoms with Crippen LogP contribution in [0, 0.1) is 0 Å². The topological polar surface area (TPSA) is 41.5 Å². The van der Waals surface area contributed by atoms with E-state index in [-0.39, 0.29) is 0 Å². The highest BCUT2D eigenvalue weighted by Crippen LogP contribution is 2.25. The van der Waals surface area contributed by atoms with Gasteiger partial charge in [0.05, 0.1) is 13.2 Å². The minimum Gasteiger partial charge on any atom is -0.378 e. The molecular weight excluding hydrogens is 372 g/mol. The maximum Gasteiger partial charge on any atom is 0.157 e. The number of morpholine rings is 1. The van der Waals surface area contributed by atoms with E-state index in [9.17, 15) is 0 Å². The number of nitrogens with zero attached hydrogens (tertiary/aromatic N) is 4. The molecule has 2 aromatic rings. The van der Waals surface area contributed by atoms with Crippen molar-refractivity contribution >= 4 is 23.0 Å². The summed E-state index contributed by atoms with van der Waals surface area (Å²) < 4.78 is 5.48. The lowest BCUT2D eigenvalue weighted by Gasteiger charge is -2.29. The third-order valence-corrected chi connectivity index (χ3v) is 5.76. The van der Waals surface area contributed by atoms with Gasteiger partial charge in [0.15, 0.2) is 5.82 Å². The van der Waals surface area contributed by atoms with E-state index in [1.165, 1.54) is 11.1 Å². The van der Waals surface area contributed by atoms with Gasteiger partial charge in [0, 0.05) is 49.5 Å². The Morgan fingerprint density at radius 1 is 1.11 bits per heavy atom. The Morgan fingerprint density at radius 2 is 1.93 bits per heavy atom. The quantitative estimate of drug-likeness (QED) is 0.765. The molecule has 6 heteroatoms. The highest BCUT2D eigenvalue weighted by Gasteiger charge is 2.19. The zero-order valence-corrected chi connectivity index (χ0v) is 17.2. The monoisotopic (exact) mass is 398 g/mol. The van der Waals surface area contributed by atoms with Crippen molar-refractivity contribution in [1.82, 2.24) is 14.9 Å². The number of ether oxygens (including phenoxy) is 1. The van der Waals surface area contributed by atoms with Gasteiger partial charge in [-0.25, -0.2) is 9.97 Å². The molecule has 28 heavy (non-hydrogen) atoms. The smallest absolute Gasteiger partial charge is 0.157 e. The summed E-state index contributed by atoms with van der Waals surface area (Å²) in [6.45, 7) is 8.22. The van der Waals surface area contributed by atoms with E-state index >= 15 is 0 Å². The Balaban J connectivity index is 1.49. The fourth-order valence-electron chi connectivity index (χ4n) is 3.69. The van der Waals surface area contributed by atoms with E-state index < -0.39 is 0 Å². The molecule has 3 heterocycles. The average Bonchev–Trinajstić information content (AvgIpc) is 2.76. The minimum atomic E-state index is 0.764. The van der Waals surface area contributed by atoms with Gasteiger partial charge in [-0.2, -0.15) is 0 Å². The first-order valence-corrected chi connectivity index (χ1v) is 10.5. The largest absolute Gasteiger partial charge is 0.378 e. The highest BCUT2D eigenvalue weighted by molar-refractivity contribution is 6.31. The molecule has 0 unspecified atom stereocenters. The number of hydrogen-bond acceptors (Lipinski definition) is 5. The van der Waals surface area contributed by atoms with E-state index in [0.29, 0.717) is 0 Å². The third kappa shape index (κ3) is 4.54. The molecule has 1 fully saturated rings. The van der Waals surface area contributed by atoms with Gasteiger partial charge in [-0.3, -0.25) is 4.90 Å². The van der Waals surface area contributed by atoms with Crippen molar-refractivity contribution < 1.29 is 4.74 Å². The van der Waals surface area contributed by atoms with Crippen LogP contribution in [0.3, 0.4) is 0 Å². The Labute approximate surface area is 172 Å². The molecule has 2 aliphatic rings. The van der Waals surface area contributed by atoms with Crippen molar-refractivity contribution in [3.05, 3.63) is 58.5 Å². The molecule has 0 amide bonds. The molecule has 1 aromatic carbocycles. The van der Waals surface area contributed by atoms with Crippen molar-refractivity contribution in [2.24, 2.45) is 0 Å². The summed E-state index contributed by atoms with van der Waals surface area (Å²) in [4.78, 5) is 14.4. The summed E-state index contributed by atoms with van der Waals surface area (Å²) in [5, 5.41) is 0.839. The highest BCUT2D eigenvalue weighted by atomic mass is 35.5. The minimum absolute atomic E-state index is 0.764. The molecule has 0 aliphatic carbocycles. The predicted molar refractivity (Wildman–Crippen MR) is 114 cm³/mol. The van der Waals surface area contributed by atoms with Gasteiger partial charge in [-0.05, 0) is 30.0 Å². The number of hydrogen-bond donors (Lipinski definition) is 0. The molecule has 1 saturated heterocycles. The van der Waals surface area contributed by atoms with Crippen molar-refractivity contribution in [3.63, 3.8) is 0 Å². The van der Waals surface area contributed by atoms with Crippen LogP contribution in [0.15, 0.2) is 36.4 Å². The van der Waals surface area contributed by atoms with E-state index in [0.717, 1.165) is 81.1 Å². The van der Waals surface area contributed by atoms with Gasteiger partial charge in [0.25, 0.3) is 0 Å². The van der Waals surface area contributed by atoms with Gasteiger partial charge in [0.1, 0.15) is 5.82 Å². The fourth-order valence-corrected chi connectivity index (χ4v) is 3.88. The first-order chi connectivity index (χ1) is 13.7. The molecule has 0 N–H and O–H groups in total. The molecule has 4 rings (SSSR count). The van der Waals surface area contributed by atoms with E-state index in [1.807, 2.05) is 18.2 Å². The van der Waals surface area contributed by atoms with Crippen molar-refractivity contribution in [2.75, 3.05) is 44.3 Å². The van der Waals surface area contributed by atoms with Crippen LogP contribution < -0.4 is 4.90 Å². The van der Waals surface area contributed by atoms with E-state index in [4.69, 9.17) is 26.3 Å². The number of aryl methyl sites for hydroxylation is 1. The van der Waals surface area contributed by atoms with E-state index in [1.54, 1.807) is 0 Å². The Kier molecular flexibility index (Phi) is 6.25. The Bertz CT molecular complexity index is 848. The second-order valence-corrected chi connectivity index (χ2v) is 7.71. The van der Waals surface area contributed by atoms with Gasteiger partial charge in [-0.15, -0.1) is 0 Å². The molecule has 5 nitrogen and oxygen atoms in total. The molecule has 0 radical (unpaired) electrons. The van der Waals surface area contributed by atoms with Gasteiger partial charge < -0.3 is 9.64 Å². The van der Waals surface area contributed by atoms with Gasteiger partial charge in [-0.1, -0.05) is 42.8 Å².